The number of carbonyl (C=O) groups is 2. The summed E-state index contributed by atoms with van der Waals surface area (Å²) in [4.78, 5) is 28.3. The second kappa shape index (κ2) is 14.1. The van der Waals surface area contributed by atoms with Crippen LogP contribution < -0.4 is 9.62 Å². The van der Waals surface area contributed by atoms with Crippen molar-refractivity contribution in [2.24, 2.45) is 0 Å². The van der Waals surface area contributed by atoms with Crippen LogP contribution in [0.2, 0.25) is 10.0 Å². The Bertz CT molecular complexity index is 1310. The smallest absolute Gasteiger partial charge is 0.352 e. The zero-order valence-electron chi connectivity index (χ0n) is 22.9. The van der Waals surface area contributed by atoms with E-state index in [1.165, 1.54) is 11.0 Å². The molecule has 13 heteroatoms. The molecule has 0 radical (unpaired) electrons. The fraction of sp³-hybridized carbons (Fsp3) is 0.500. The van der Waals surface area contributed by atoms with Crippen LogP contribution in [0.5, 0.6) is 0 Å². The SMILES string of the molecule is CC[C@@H](C(=O)NC1CCCC1)N(Cc1c(Cl)cccc1Cl)C(=O)CCCN(c1cccc(C(F)(F)F)c1)S(C)(=O)=O. The summed E-state index contributed by atoms with van der Waals surface area (Å²) in [5.41, 5.74) is -0.670. The van der Waals surface area contributed by atoms with Gasteiger partial charge >= 0.3 is 6.18 Å². The Morgan fingerprint density at radius 2 is 1.68 bits per heavy atom. The van der Waals surface area contributed by atoms with Gasteiger partial charge in [-0.2, -0.15) is 13.2 Å². The summed E-state index contributed by atoms with van der Waals surface area (Å²) in [5, 5.41) is 3.69. The molecule has 0 bridgehead atoms. The number of hydrogen-bond donors (Lipinski definition) is 1. The van der Waals surface area contributed by atoms with E-state index in [-0.39, 0.29) is 43.6 Å². The van der Waals surface area contributed by atoms with Crippen LogP contribution >= 0.6 is 23.2 Å². The summed E-state index contributed by atoms with van der Waals surface area (Å²) in [6, 6.07) is 8.14. The van der Waals surface area contributed by atoms with E-state index in [9.17, 15) is 31.2 Å². The van der Waals surface area contributed by atoms with E-state index >= 15 is 0 Å². The van der Waals surface area contributed by atoms with Crippen molar-refractivity contribution in [1.82, 2.24) is 10.2 Å². The first-order valence-corrected chi connectivity index (χ1v) is 16.0. The standard InChI is InChI=1S/C28H34Cl2F3N3O4S/c1-3-25(27(38)34-20-10-4-5-11-20)35(18-22-23(29)13-7-14-24(22)30)26(37)15-8-16-36(41(2,39)40)21-12-6-9-19(17-21)28(31,32)33/h6-7,9,12-14,17,20,25H,3-5,8,10-11,15-16,18H2,1-2H3,(H,34,38)/t25-/m0/s1. The van der Waals surface area contributed by atoms with Gasteiger partial charge in [-0.3, -0.25) is 13.9 Å². The minimum Gasteiger partial charge on any atom is -0.352 e. The van der Waals surface area contributed by atoms with E-state index in [0.717, 1.165) is 54.4 Å². The molecule has 2 amide bonds. The number of rotatable bonds is 12. The number of sulfonamides is 1. The van der Waals surface area contributed by atoms with Gasteiger partial charge in [-0.05, 0) is 56.0 Å². The highest BCUT2D eigenvalue weighted by molar-refractivity contribution is 7.92. The van der Waals surface area contributed by atoms with Crippen LogP contribution in [0.25, 0.3) is 0 Å². The molecule has 0 heterocycles. The Balaban J connectivity index is 1.82. The number of alkyl halides is 3. The van der Waals surface area contributed by atoms with Gasteiger partial charge in [0, 0.05) is 41.2 Å². The first-order chi connectivity index (χ1) is 19.2. The summed E-state index contributed by atoms with van der Waals surface area (Å²) in [5.74, 6) is -0.732. The highest BCUT2D eigenvalue weighted by atomic mass is 35.5. The van der Waals surface area contributed by atoms with Gasteiger partial charge < -0.3 is 10.2 Å². The third-order valence-corrected chi connectivity index (χ3v) is 8.99. The van der Waals surface area contributed by atoms with Crippen molar-refractivity contribution in [1.29, 1.82) is 0 Å². The zero-order chi connectivity index (χ0) is 30.4. The molecule has 226 valence electrons. The van der Waals surface area contributed by atoms with Crippen molar-refractivity contribution in [2.45, 2.75) is 76.7 Å². The number of nitrogens with zero attached hydrogens (tertiary/aromatic N) is 2. The van der Waals surface area contributed by atoms with Gasteiger partial charge in [0.05, 0.1) is 17.5 Å². The first kappa shape index (κ1) is 33.0. The maximum absolute atomic E-state index is 13.6. The minimum atomic E-state index is -4.65. The van der Waals surface area contributed by atoms with E-state index in [2.05, 4.69) is 5.32 Å². The number of amides is 2. The van der Waals surface area contributed by atoms with Crippen LogP contribution in [0.15, 0.2) is 42.5 Å². The molecule has 2 aromatic rings. The molecule has 0 saturated heterocycles. The number of benzene rings is 2. The zero-order valence-corrected chi connectivity index (χ0v) is 25.2. The molecule has 1 saturated carbocycles. The second-order valence-corrected chi connectivity index (χ2v) is 12.8. The van der Waals surface area contributed by atoms with E-state index in [1.807, 2.05) is 0 Å². The molecule has 1 aliphatic carbocycles. The molecule has 1 fully saturated rings. The minimum absolute atomic E-state index is 0.00438. The fourth-order valence-corrected chi connectivity index (χ4v) is 6.46. The molecule has 1 atom stereocenters. The number of halogens is 5. The molecular formula is C28H34Cl2F3N3O4S. The molecule has 1 aliphatic rings. The van der Waals surface area contributed by atoms with Gasteiger partial charge in [0.25, 0.3) is 0 Å². The molecule has 0 aromatic heterocycles. The normalized spacial score (nSPS) is 15.0. The van der Waals surface area contributed by atoms with Gasteiger partial charge in [-0.25, -0.2) is 8.42 Å². The lowest BCUT2D eigenvalue weighted by Gasteiger charge is -2.32. The predicted molar refractivity (Wildman–Crippen MR) is 154 cm³/mol. The Hall–Kier alpha value is -2.50. The molecule has 0 unspecified atom stereocenters. The van der Waals surface area contributed by atoms with Gasteiger partial charge in [0.1, 0.15) is 6.04 Å². The van der Waals surface area contributed by atoms with Crippen molar-refractivity contribution >= 4 is 50.7 Å². The first-order valence-electron chi connectivity index (χ1n) is 13.4. The molecule has 1 N–H and O–H groups in total. The van der Waals surface area contributed by atoms with Crippen molar-refractivity contribution < 1.29 is 31.2 Å². The topological polar surface area (TPSA) is 86.8 Å². The third kappa shape index (κ3) is 8.99. The molecule has 3 rings (SSSR count). The van der Waals surface area contributed by atoms with Crippen molar-refractivity contribution in [2.75, 3.05) is 17.1 Å². The maximum atomic E-state index is 13.6. The second-order valence-electron chi connectivity index (χ2n) is 10.1. The Kier molecular flexibility index (Phi) is 11.4. The number of nitrogens with one attached hydrogen (secondary N) is 1. The quantitative estimate of drug-likeness (QED) is 0.291. The average Bonchev–Trinajstić information content (AvgIpc) is 3.40. The lowest BCUT2D eigenvalue weighted by atomic mass is 10.1. The summed E-state index contributed by atoms with van der Waals surface area (Å²) in [7, 11) is -3.96. The van der Waals surface area contributed by atoms with E-state index < -0.39 is 33.7 Å². The molecule has 7 nitrogen and oxygen atoms in total. The van der Waals surface area contributed by atoms with E-state index in [4.69, 9.17) is 23.2 Å². The lowest BCUT2D eigenvalue weighted by Crippen LogP contribution is -2.51. The van der Waals surface area contributed by atoms with Gasteiger partial charge in [-0.1, -0.05) is 55.1 Å². The van der Waals surface area contributed by atoms with Crippen LogP contribution in [0.1, 0.15) is 63.0 Å². The summed E-state index contributed by atoms with van der Waals surface area (Å²) in [6.45, 7) is 1.50. The van der Waals surface area contributed by atoms with Gasteiger partial charge in [0.2, 0.25) is 21.8 Å². The van der Waals surface area contributed by atoms with Crippen LogP contribution in [-0.2, 0) is 32.3 Å². The van der Waals surface area contributed by atoms with Crippen molar-refractivity contribution in [3.8, 4) is 0 Å². The third-order valence-electron chi connectivity index (χ3n) is 7.09. The molecule has 0 aliphatic heterocycles. The van der Waals surface area contributed by atoms with E-state index in [0.29, 0.717) is 22.0 Å². The Morgan fingerprint density at radius 1 is 1.07 bits per heavy atom. The highest BCUT2D eigenvalue weighted by Crippen LogP contribution is 2.32. The summed E-state index contributed by atoms with van der Waals surface area (Å²) >= 11 is 12.8. The Morgan fingerprint density at radius 3 is 2.24 bits per heavy atom. The van der Waals surface area contributed by atoms with Gasteiger partial charge in [-0.15, -0.1) is 0 Å². The van der Waals surface area contributed by atoms with Gasteiger partial charge in [0.15, 0.2) is 0 Å². The van der Waals surface area contributed by atoms with Crippen molar-refractivity contribution in [3.05, 3.63) is 63.6 Å². The average molecular weight is 637 g/mol. The Labute approximate surface area is 249 Å². The van der Waals surface area contributed by atoms with Crippen LogP contribution in [-0.4, -0.2) is 50.0 Å². The number of hydrogen-bond acceptors (Lipinski definition) is 4. The van der Waals surface area contributed by atoms with Crippen molar-refractivity contribution in [3.63, 3.8) is 0 Å². The summed E-state index contributed by atoms with van der Waals surface area (Å²) in [6.07, 6.45) is 0.143. The van der Waals surface area contributed by atoms with Crippen LogP contribution in [0.4, 0.5) is 18.9 Å². The fourth-order valence-electron chi connectivity index (χ4n) is 4.98. The largest absolute Gasteiger partial charge is 0.416 e. The molecular weight excluding hydrogens is 602 g/mol. The number of carbonyl (C=O) groups excluding carboxylic acids is 2. The molecule has 41 heavy (non-hydrogen) atoms. The highest BCUT2D eigenvalue weighted by Gasteiger charge is 2.33. The predicted octanol–water partition coefficient (Wildman–Crippen LogP) is 6.42. The van der Waals surface area contributed by atoms with Crippen LogP contribution in [0.3, 0.4) is 0 Å². The van der Waals surface area contributed by atoms with E-state index in [1.54, 1.807) is 25.1 Å². The molecule has 0 spiro atoms. The maximum Gasteiger partial charge on any atom is 0.416 e. The summed E-state index contributed by atoms with van der Waals surface area (Å²) < 4.78 is 65.6. The monoisotopic (exact) mass is 635 g/mol. The van der Waals surface area contributed by atoms with Crippen LogP contribution in [0, 0.1) is 0 Å². The number of anilines is 1. The lowest BCUT2D eigenvalue weighted by molar-refractivity contribution is -0.141. The molecule has 2 aromatic carbocycles.